The summed E-state index contributed by atoms with van der Waals surface area (Å²) in [7, 11) is 1.61. The third kappa shape index (κ3) is 8.29. The lowest BCUT2D eigenvalue weighted by atomic mass is 10.3. The smallest absolute Gasteiger partial charge is 0.305 e. The van der Waals surface area contributed by atoms with Gasteiger partial charge >= 0.3 is 5.97 Å². The summed E-state index contributed by atoms with van der Waals surface area (Å²) >= 11 is 0. The molecule has 0 bridgehead atoms. The maximum absolute atomic E-state index is 11.8. The first-order valence-electron chi connectivity index (χ1n) is 7.42. The summed E-state index contributed by atoms with van der Waals surface area (Å²) in [6.45, 7) is 2.96. The van der Waals surface area contributed by atoms with E-state index in [4.69, 9.17) is 4.74 Å². The van der Waals surface area contributed by atoms with Crippen LogP contribution < -0.4 is 10.6 Å². The molecule has 7 nitrogen and oxygen atoms in total. The highest BCUT2D eigenvalue weighted by atomic mass is 16.5. The predicted octanol–water partition coefficient (Wildman–Crippen LogP) is -0.344. The Bertz CT molecular complexity index is 369. The van der Waals surface area contributed by atoms with E-state index in [-0.39, 0.29) is 30.9 Å². The van der Waals surface area contributed by atoms with Gasteiger partial charge in [0.05, 0.1) is 19.7 Å². The van der Waals surface area contributed by atoms with Crippen LogP contribution in [0, 0.1) is 0 Å². The molecule has 1 fully saturated rings. The molecule has 1 saturated carbocycles. The van der Waals surface area contributed by atoms with Gasteiger partial charge in [0.25, 0.3) is 0 Å². The molecule has 0 aliphatic heterocycles. The zero-order chi connectivity index (χ0) is 15.7. The molecule has 0 atom stereocenters. The van der Waals surface area contributed by atoms with Crippen LogP contribution in [0.5, 0.6) is 0 Å². The summed E-state index contributed by atoms with van der Waals surface area (Å²) in [4.78, 5) is 35.8. The van der Waals surface area contributed by atoms with Crippen LogP contribution in [-0.2, 0) is 19.1 Å². The van der Waals surface area contributed by atoms with E-state index in [0.29, 0.717) is 32.0 Å². The number of rotatable bonds is 10. The van der Waals surface area contributed by atoms with E-state index in [1.54, 1.807) is 14.0 Å². The van der Waals surface area contributed by atoms with Gasteiger partial charge in [-0.3, -0.25) is 14.4 Å². The number of nitrogens with one attached hydrogen (secondary N) is 2. The number of likely N-dealkylation sites (N-methyl/N-ethyl adjacent to an activating group) is 1. The van der Waals surface area contributed by atoms with Crippen molar-refractivity contribution >= 4 is 17.8 Å². The molecule has 1 aliphatic carbocycles. The second-order valence-corrected chi connectivity index (χ2v) is 5.18. The van der Waals surface area contributed by atoms with Crippen molar-refractivity contribution in [1.82, 2.24) is 15.5 Å². The van der Waals surface area contributed by atoms with Gasteiger partial charge in [0.2, 0.25) is 11.8 Å². The average molecular weight is 299 g/mol. The Hall–Kier alpha value is -1.63. The number of hydrogen-bond acceptors (Lipinski definition) is 5. The molecule has 2 N–H and O–H groups in total. The highest BCUT2D eigenvalue weighted by molar-refractivity contribution is 5.85. The van der Waals surface area contributed by atoms with E-state index in [2.05, 4.69) is 10.6 Å². The van der Waals surface area contributed by atoms with Crippen LogP contribution in [-0.4, -0.2) is 62.0 Å². The molecule has 0 aromatic rings. The zero-order valence-electron chi connectivity index (χ0n) is 12.8. The first-order chi connectivity index (χ1) is 10.0. The molecule has 0 heterocycles. The number of nitrogens with zero attached hydrogens (tertiary/aromatic N) is 1. The molecule has 0 radical (unpaired) electrons. The van der Waals surface area contributed by atoms with Crippen LogP contribution >= 0.6 is 0 Å². The molecule has 0 aromatic heterocycles. The molecule has 1 aliphatic rings. The van der Waals surface area contributed by atoms with Crippen LogP contribution in [0.1, 0.15) is 32.6 Å². The number of amides is 2. The molecule has 120 valence electrons. The molecule has 0 unspecified atom stereocenters. The standard InChI is InChI=1S/C14H25N3O4/c1-3-21-14(20)5-4-8-15-9-13(19)17(2)10-12(18)16-11-6-7-11/h11,15H,3-10H2,1-2H3,(H,16,18). The lowest BCUT2D eigenvalue weighted by Crippen LogP contribution is -2.42. The van der Waals surface area contributed by atoms with Gasteiger partial charge in [0.15, 0.2) is 0 Å². The van der Waals surface area contributed by atoms with Gasteiger partial charge in [-0.25, -0.2) is 0 Å². The molecular weight excluding hydrogens is 274 g/mol. The number of hydrogen-bond donors (Lipinski definition) is 2. The Balaban J connectivity index is 2.03. The summed E-state index contributed by atoms with van der Waals surface area (Å²) in [6, 6.07) is 0.307. The van der Waals surface area contributed by atoms with Crippen molar-refractivity contribution in [3.8, 4) is 0 Å². The molecule has 0 spiro atoms. The highest BCUT2D eigenvalue weighted by Crippen LogP contribution is 2.18. The van der Waals surface area contributed by atoms with Crippen molar-refractivity contribution in [2.45, 2.75) is 38.6 Å². The predicted molar refractivity (Wildman–Crippen MR) is 77.5 cm³/mol. The third-order valence-electron chi connectivity index (χ3n) is 3.06. The summed E-state index contributed by atoms with van der Waals surface area (Å²) in [5.41, 5.74) is 0. The van der Waals surface area contributed by atoms with Crippen molar-refractivity contribution in [3.63, 3.8) is 0 Å². The molecule has 7 heteroatoms. The van der Waals surface area contributed by atoms with Crippen LogP contribution in [0.2, 0.25) is 0 Å². The molecular formula is C14H25N3O4. The van der Waals surface area contributed by atoms with Gasteiger partial charge in [0, 0.05) is 19.5 Å². The Morgan fingerprint density at radius 3 is 2.62 bits per heavy atom. The normalized spacial score (nSPS) is 13.6. The number of carbonyl (C=O) groups is 3. The minimum absolute atomic E-state index is 0.0832. The number of ether oxygens (including phenoxy) is 1. The van der Waals surface area contributed by atoms with E-state index in [1.165, 1.54) is 4.90 Å². The molecule has 21 heavy (non-hydrogen) atoms. The SMILES string of the molecule is CCOC(=O)CCCNCC(=O)N(C)CC(=O)NC1CC1. The molecule has 0 saturated heterocycles. The molecule has 0 aromatic carbocycles. The molecule has 2 amide bonds. The lowest BCUT2D eigenvalue weighted by molar-refractivity contribution is -0.143. The summed E-state index contributed by atoms with van der Waals surface area (Å²) in [5, 5.41) is 5.80. The minimum atomic E-state index is -0.223. The van der Waals surface area contributed by atoms with Crippen molar-refractivity contribution < 1.29 is 19.1 Å². The highest BCUT2D eigenvalue weighted by Gasteiger charge is 2.24. The van der Waals surface area contributed by atoms with Crippen LogP contribution in [0.15, 0.2) is 0 Å². The van der Waals surface area contributed by atoms with E-state index in [9.17, 15) is 14.4 Å². The van der Waals surface area contributed by atoms with Crippen molar-refractivity contribution in [2.75, 3.05) is 33.3 Å². The first kappa shape index (κ1) is 17.4. The largest absolute Gasteiger partial charge is 0.466 e. The van der Waals surface area contributed by atoms with Gasteiger partial charge in [-0.2, -0.15) is 0 Å². The zero-order valence-corrected chi connectivity index (χ0v) is 12.8. The minimum Gasteiger partial charge on any atom is -0.466 e. The van der Waals surface area contributed by atoms with Crippen molar-refractivity contribution in [1.29, 1.82) is 0 Å². The average Bonchev–Trinajstić information content (AvgIpc) is 3.22. The van der Waals surface area contributed by atoms with Gasteiger partial charge < -0.3 is 20.3 Å². The maximum atomic E-state index is 11.8. The fraction of sp³-hybridized carbons (Fsp3) is 0.786. The fourth-order valence-electron chi connectivity index (χ4n) is 1.73. The van der Waals surface area contributed by atoms with E-state index < -0.39 is 0 Å². The monoisotopic (exact) mass is 299 g/mol. The summed E-state index contributed by atoms with van der Waals surface area (Å²) < 4.78 is 4.80. The van der Waals surface area contributed by atoms with Crippen molar-refractivity contribution in [2.24, 2.45) is 0 Å². The topological polar surface area (TPSA) is 87.7 Å². The maximum Gasteiger partial charge on any atom is 0.305 e. The summed E-state index contributed by atoms with van der Waals surface area (Å²) in [5.74, 6) is -0.479. The van der Waals surface area contributed by atoms with Gasteiger partial charge in [-0.15, -0.1) is 0 Å². The first-order valence-corrected chi connectivity index (χ1v) is 7.42. The second-order valence-electron chi connectivity index (χ2n) is 5.18. The Labute approximate surface area is 125 Å². The fourth-order valence-corrected chi connectivity index (χ4v) is 1.73. The Morgan fingerprint density at radius 2 is 2.00 bits per heavy atom. The van der Waals surface area contributed by atoms with Gasteiger partial charge in [0.1, 0.15) is 0 Å². The van der Waals surface area contributed by atoms with E-state index >= 15 is 0 Å². The van der Waals surface area contributed by atoms with E-state index in [1.807, 2.05) is 0 Å². The number of carbonyl (C=O) groups excluding carboxylic acids is 3. The van der Waals surface area contributed by atoms with Gasteiger partial charge in [-0.05, 0) is 32.7 Å². The second kappa shape index (κ2) is 9.33. The Kier molecular flexibility index (Phi) is 7.74. The van der Waals surface area contributed by atoms with E-state index in [0.717, 1.165) is 12.8 Å². The number of esters is 1. The van der Waals surface area contributed by atoms with Gasteiger partial charge in [-0.1, -0.05) is 0 Å². The lowest BCUT2D eigenvalue weighted by Gasteiger charge is -2.17. The third-order valence-corrected chi connectivity index (χ3v) is 3.06. The van der Waals surface area contributed by atoms with Crippen LogP contribution in [0.3, 0.4) is 0 Å². The Morgan fingerprint density at radius 1 is 1.29 bits per heavy atom. The van der Waals surface area contributed by atoms with Crippen molar-refractivity contribution in [3.05, 3.63) is 0 Å². The van der Waals surface area contributed by atoms with Crippen LogP contribution in [0.25, 0.3) is 0 Å². The molecule has 1 rings (SSSR count). The quantitative estimate of drug-likeness (QED) is 0.425. The van der Waals surface area contributed by atoms with Crippen LogP contribution in [0.4, 0.5) is 0 Å². The summed E-state index contributed by atoms with van der Waals surface area (Å²) in [6.07, 6.45) is 3.03.